The fraction of sp³-hybridized carbons (Fsp3) is 0.167. The van der Waals surface area contributed by atoms with Gasteiger partial charge in [-0.05, 0) is 17.7 Å². The summed E-state index contributed by atoms with van der Waals surface area (Å²) in [6.07, 6.45) is 1.84. The zero-order valence-corrected chi connectivity index (χ0v) is 12.5. The molecule has 108 valence electrons. The van der Waals surface area contributed by atoms with Crippen LogP contribution in [0.4, 0.5) is 0 Å². The third-order valence-corrected chi connectivity index (χ3v) is 3.07. The van der Waals surface area contributed by atoms with E-state index in [4.69, 9.17) is 4.74 Å². The number of carbonyl (C=O) groups excluding carboxylic acids is 1. The molecule has 0 radical (unpaired) electrons. The van der Waals surface area contributed by atoms with Crippen LogP contribution in [0.25, 0.3) is 5.57 Å². The Kier molecular flexibility index (Phi) is 4.77. The highest BCUT2D eigenvalue weighted by atomic mass is 16.5. The Morgan fingerprint density at radius 3 is 2.24 bits per heavy atom. The van der Waals surface area contributed by atoms with Gasteiger partial charge in [0.05, 0.1) is 12.7 Å². The predicted octanol–water partition coefficient (Wildman–Crippen LogP) is 3.48. The third kappa shape index (κ3) is 3.51. The monoisotopic (exact) mass is 281 g/mol. The van der Waals surface area contributed by atoms with Gasteiger partial charge >= 0.3 is 0 Å². The van der Waals surface area contributed by atoms with Gasteiger partial charge in [0.1, 0.15) is 5.75 Å². The first kappa shape index (κ1) is 14.9. The van der Waals surface area contributed by atoms with E-state index in [1.165, 1.54) is 0 Å². The van der Waals surface area contributed by atoms with Gasteiger partial charge in [0, 0.05) is 25.9 Å². The zero-order valence-electron chi connectivity index (χ0n) is 12.5. The molecule has 0 amide bonds. The maximum absolute atomic E-state index is 12.9. The minimum Gasteiger partial charge on any atom is -0.496 e. The SMILES string of the molecule is COc1ccccc1C(=O)/C(=C/N(C)C)c1ccccc1. The van der Waals surface area contributed by atoms with Crippen molar-refractivity contribution in [1.82, 2.24) is 4.90 Å². The lowest BCUT2D eigenvalue weighted by Gasteiger charge is -2.13. The van der Waals surface area contributed by atoms with Gasteiger partial charge in [-0.15, -0.1) is 0 Å². The number of allylic oxidation sites excluding steroid dienone is 1. The first-order chi connectivity index (χ1) is 10.1. The average Bonchev–Trinajstić information content (AvgIpc) is 2.52. The highest BCUT2D eigenvalue weighted by Crippen LogP contribution is 2.26. The number of methoxy groups -OCH3 is 1. The number of nitrogens with zero attached hydrogens (tertiary/aromatic N) is 1. The normalized spacial score (nSPS) is 11.1. The van der Waals surface area contributed by atoms with Crippen LogP contribution >= 0.6 is 0 Å². The molecule has 3 heteroatoms. The van der Waals surface area contributed by atoms with Crippen molar-refractivity contribution in [2.75, 3.05) is 21.2 Å². The Bertz CT molecular complexity index is 645. The van der Waals surface area contributed by atoms with Crippen molar-refractivity contribution in [2.45, 2.75) is 0 Å². The number of para-hydroxylation sites is 1. The van der Waals surface area contributed by atoms with E-state index < -0.39 is 0 Å². The Labute approximate surface area is 125 Å². The summed E-state index contributed by atoms with van der Waals surface area (Å²) in [4.78, 5) is 14.8. The molecule has 0 aliphatic rings. The molecule has 0 heterocycles. The maximum Gasteiger partial charge on any atom is 0.198 e. The molecular weight excluding hydrogens is 262 g/mol. The summed E-state index contributed by atoms with van der Waals surface area (Å²) in [7, 11) is 5.38. The molecule has 0 aliphatic heterocycles. The lowest BCUT2D eigenvalue weighted by Crippen LogP contribution is -2.10. The van der Waals surface area contributed by atoms with Gasteiger partial charge in [-0.2, -0.15) is 0 Å². The molecule has 0 N–H and O–H groups in total. The van der Waals surface area contributed by atoms with Crippen LogP contribution in [0.1, 0.15) is 15.9 Å². The number of Topliss-reactive ketones (excluding diaryl/α,β-unsaturated/α-hetero) is 1. The molecule has 0 unspecified atom stereocenters. The van der Waals surface area contributed by atoms with E-state index in [9.17, 15) is 4.79 Å². The van der Waals surface area contributed by atoms with Gasteiger partial charge in [-0.1, -0.05) is 42.5 Å². The van der Waals surface area contributed by atoms with E-state index in [-0.39, 0.29) is 5.78 Å². The molecule has 0 spiro atoms. The molecule has 2 aromatic rings. The van der Waals surface area contributed by atoms with E-state index >= 15 is 0 Å². The zero-order chi connectivity index (χ0) is 15.2. The molecule has 0 aliphatic carbocycles. The van der Waals surface area contributed by atoms with Crippen molar-refractivity contribution in [3.8, 4) is 5.75 Å². The van der Waals surface area contributed by atoms with E-state index in [0.29, 0.717) is 16.9 Å². The van der Waals surface area contributed by atoms with Crippen LogP contribution in [0.5, 0.6) is 5.75 Å². The van der Waals surface area contributed by atoms with Crippen LogP contribution < -0.4 is 4.74 Å². The Balaban J connectivity index is 2.50. The molecule has 0 saturated carbocycles. The summed E-state index contributed by atoms with van der Waals surface area (Å²) in [6, 6.07) is 16.9. The molecule has 0 saturated heterocycles. The first-order valence-electron chi connectivity index (χ1n) is 6.75. The van der Waals surface area contributed by atoms with Crippen molar-refractivity contribution >= 4 is 11.4 Å². The quantitative estimate of drug-likeness (QED) is 0.620. The maximum atomic E-state index is 12.9. The molecule has 0 fully saturated rings. The van der Waals surface area contributed by atoms with Gasteiger partial charge in [-0.3, -0.25) is 4.79 Å². The summed E-state index contributed by atoms with van der Waals surface area (Å²) in [5.41, 5.74) is 2.10. The summed E-state index contributed by atoms with van der Waals surface area (Å²) < 4.78 is 5.30. The average molecular weight is 281 g/mol. The van der Waals surface area contributed by atoms with Crippen LogP contribution in [-0.2, 0) is 0 Å². The minimum atomic E-state index is -0.0488. The van der Waals surface area contributed by atoms with Crippen molar-refractivity contribution in [3.63, 3.8) is 0 Å². The van der Waals surface area contributed by atoms with Gasteiger partial charge in [0.2, 0.25) is 0 Å². The molecule has 0 atom stereocenters. The number of rotatable bonds is 5. The summed E-state index contributed by atoms with van der Waals surface area (Å²) >= 11 is 0. The second-order valence-corrected chi connectivity index (χ2v) is 4.90. The fourth-order valence-corrected chi connectivity index (χ4v) is 2.12. The van der Waals surface area contributed by atoms with E-state index in [0.717, 1.165) is 5.56 Å². The first-order valence-corrected chi connectivity index (χ1v) is 6.75. The van der Waals surface area contributed by atoms with E-state index in [1.54, 1.807) is 19.2 Å². The highest BCUT2D eigenvalue weighted by Gasteiger charge is 2.18. The molecule has 2 rings (SSSR count). The second-order valence-electron chi connectivity index (χ2n) is 4.90. The number of hydrogen-bond acceptors (Lipinski definition) is 3. The summed E-state index contributed by atoms with van der Waals surface area (Å²) in [5, 5.41) is 0. The summed E-state index contributed by atoms with van der Waals surface area (Å²) in [5.74, 6) is 0.537. The largest absolute Gasteiger partial charge is 0.496 e. The van der Waals surface area contributed by atoms with E-state index in [2.05, 4.69) is 0 Å². The Morgan fingerprint density at radius 2 is 1.62 bits per heavy atom. The number of hydrogen-bond donors (Lipinski definition) is 0. The molecule has 3 nitrogen and oxygen atoms in total. The molecule has 0 aromatic heterocycles. The van der Waals surface area contributed by atoms with Gasteiger partial charge in [-0.25, -0.2) is 0 Å². The van der Waals surface area contributed by atoms with Crippen molar-refractivity contribution in [1.29, 1.82) is 0 Å². The minimum absolute atomic E-state index is 0.0488. The highest BCUT2D eigenvalue weighted by molar-refractivity contribution is 6.29. The van der Waals surface area contributed by atoms with E-state index in [1.807, 2.05) is 67.7 Å². The fourth-order valence-electron chi connectivity index (χ4n) is 2.12. The van der Waals surface area contributed by atoms with Crippen molar-refractivity contribution < 1.29 is 9.53 Å². The summed E-state index contributed by atoms with van der Waals surface area (Å²) in [6.45, 7) is 0. The molecule has 21 heavy (non-hydrogen) atoms. The number of carbonyl (C=O) groups is 1. The van der Waals surface area contributed by atoms with Crippen LogP contribution in [0.2, 0.25) is 0 Å². The van der Waals surface area contributed by atoms with Crippen LogP contribution in [0, 0.1) is 0 Å². The van der Waals surface area contributed by atoms with Crippen molar-refractivity contribution in [3.05, 3.63) is 71.9 Å². The Hall–Kier alpha value is -2.55. The van der Waals surface area contributed by atoms with Gasteiger partial charge < -0.3 is 9.64 Å². The second kappa shape index (κ2) is 6.75. The Morgan fingerprint density at radius 1 is 1.00 bits per heavy atom. The van der Waals surface area contributed by atoms with Gasteiger partial charge in [0.25, 0.3) is 0 Å². The predicted molar refractivity (Wildman–Crippen MR) is 85.4 cm³/mol. The van der Waals surface area contributed by atoms with Crippen LogP contribution in [0.3, 0.4) is 0 Å². The smallest absolute Gasteiger partial charge is 0.198 e. The van der Waals surface area contributed by atoms with Gasteiger partial charge in [0.15, 0.2) is 5.78 Å². The number of ketones is 1. The lowest BCUT2D eigenvalue weighted by atomic mass is 9.97. The molecule has 0 bridgehead atoms. The number of benzene rings is 2. The van der Waals surface area contributed by atoms with Crippen LogP contribution in [-0.4, -0.2) is 31.9 Å². The molecular formula is C18H19NO2. The lowest BCUT2D eigenvalue weighted by molar-refractivity contribution is 0.105. The topological polar surface area (TPSA) is 29.5 Å². The van der Waals surface area contributed by atoms with Crippen molar-refractivity contribution in [2.24, 2.45) is 0 Å². The number of ether oxygens (including phenoxy) is 1. The third-order valence-electron chi connectivity index (χ3n) is 3.07. The standard InChI is InChI=1S/C18H19NO2/c1-19(2)13-16(14-9-5-4-6-10-14)18(20)15-11-7-8-12-17(15)21-3/h4-13H,1-3H3/b16-13+. The molecule has 2 aromatic carbocycles. The van der Waals surface area contributed by atoms with Crippen LogP contribution in [0.15, 0.2) is 60.8 Å².